The van der Waals surface area contributed by atoms with Gasteiger partial charge < -0.3 is 29.9 Å². The number of carbonyl (C=O) groups is 2. The summed E-state index contributed by atoms with van der Waals surface area (Å²) in [6, 6.07) is 0. The molecular weight excluding hydrogens is 632 g/mol. The Morgan fingerprint density at radius 1 is 0.740 bits per heavy atom. The minimum atomic E-state index is -0.913. The molecule has 292 valence electrons. The number of unbranched alkanes of at least 4 members (excludes halogenated alkanes) is 16. The van der Waals surface area contributed by atoms with Gasteiger partial charge in [0, 0.05) is 18.8 Å². The highest BCUT2D eigenvalue weighted by atomic mass is 16.6. The van der Waals surface area contributed by atoms with Crippen molar-refractivity contribution in [1.82, 2.24) is 0 Å². The lowest BCUT2D eigenvalue weighted by atomic mass is 9.89. The second-order valence-corrected chi connectivity index (χ2v) is 15.2. The zero-order valence-corrected chi connectivity index (χ0v) is 32.2. The second kappa shape index (κ2) is 30.8. The summed E-state index contributed by atoms with van der Waals surface area (Å²) in [5, 5.41) is 40.7. The number of hydrogen-bond donors (Lipinski definition) is 4. The van der Waals surface area contributed by atoms with E-state index in [2.05, 4.69) is 20.8 Å². The number of allylic oxidation sites excluding steroid dienone is 1. The van der Waals surface area contributed by atoms with Crippen LogP contribution in [0, 0.1) is 17.8 Å². The Hall–Kier alpha value is -1.74. The summed E-state index contributed by atoms with van der Waals surface area (Å²) in [4.78, 5) is 24.5. The van der Waals surface area contributed by atoms with Gasteiger partial charge in [0.15, 0.2) is 6.10 Å². The van der Waals surface area contributed by atoms with E-state index < -0.39 is 37.0 Å². The predicted octanol–water partition coefficient (Wildman–Crippen LogP) is 8.91. The fourth-order valence-electron chi connectivity index (χ4n) is 6.83. The van der Waals surface area contributed by atoms with Crippen molar-refractivity contribution < 1.29 is 39.5 Å². The van der Waals surface area contributed by atoms with Gasteiger partial charge in [0.1, 0.15) is 6.61 Å². The number of carbonyl (C=O) groups excluding carboxylic acids is 2. The van der Waals surface area contributed by atoms with Gasteiger partial charge in [-0.2, -0.15) is 0 Å². The van der Waals surface area contributed by atoms with Crippen LogP contribution >= 0.6 is 0 Å². The molecule has 0 bridgehead atoms. The number of aliphatic hydroxyl groups excluding tert-OH is 4. The third-order valence-electron chi connectivity index (χ3n) is 10.0. The SMILES string of the molecule is CCCCC[C@@H](O)/C=C/[C@@H]1[C@H](C/C=C\CC(=O)O[C@@H](CO)COC(=O)CCCCCCCCCCCCCCCCCC(C)C)[C@@H](O)C[C@H]1O. The number of ether oxygens (including phenoxy) is 2. The van der Waals surface area contributed by atoms with Crippen LogP contribution in [0.2, 0.25) is 0 Å². The molecule has 1 fully saturated rings. The number of aliphatic hydroxyl groups is 4. The van der Waals surface area contributed by atoms with Crippen molar-refractivity contribution in [2.75, 3.05) is 13.2 Å². The molecule has 8 nitrogen and oxygen atoms in total. The van der Waals surface area contributed by atoms with Crippen LogP contribution in [0.15, 0.2) is 24.3 Å². The molecule has 0 amide bonds. The quantitative estimate of drug-likeness (QED) is 0.0309. The lowest BCUT2D eigenvalue weighted by Gasteiger charge is -2.19. The van der Waals surface area contributed by atoms with Crippen LogP contribution in [0.1, 0.15) is 175 Å². The molecule has 8 heteroatoms. The fraction of sp³-hybridized carbons (Fsp3) is 0.857. The van der Waals surface area contributed by atoms with E-state index in [1.165, 1.54) is 83.5 Å². The van der Waals surface area contributed by atoms with Gasteiger partial charge >= 0.3 is 11.9 Å². The van der Waals surface area contributed by atoms with Crippen molar-refractivity contribution in [2.24, 2.45) is 17.8 Å². The first kappa shape index (κ1) is 46.3. The lowest BCUT2D eigenvalue weighted by Crippen LogP contribution is -2.28. The van der Waals surface area contributed by atoms with Gasteiger partial charge in [-0.15, -0.1) is 0 Å². The summed E-state index contributed by atoms with van der Waals surface area (Å²) in [5.41, 5.74) is 0. The molecular formula is C42H76O8. The van der Waals surface area contributed by atoms with Crippen LogP contribution in [-0.2, 0) is 19.1 Å². The minimum Gasteiger partial charge on any atom is -0.462 e. The Bertz CT molecular complexity index is 887. The molecule has 0 radical (unpaired) electrons. The molecule has 1 aliphatic rings. The zero-order chi connectivity index (χ0) is 36.8. The van der Waals surface area contributed by atoms with Crippen LogP contribution in [0.3, 0.4) is 0 Å². The van der Waals surface area contributed by atoms with Gasteiger partial charge in [-0.3, -0.25) is 9.59 Å². The zero-order valence-electron chi connectivity index (χ0n) is 32.2. The first-order chi connectivity index (χ1) is 24.2. The summed E-state index contributed by atoms with van der Waals surface area (Å²) in [5.74, 6) is -0.538. The average Bonchev–Trinajstić information content (AvgIpc) is 3.36. The summed E-state index contributed by atoms with van der Waals surface area (Å²) < 4.78 is 10.5. The minimum absolute atomic E-state index is 0.0226. The van der Waals surface area contributed by atoms with Crippen molar-refractivity contribution in [3.8, 4) is 0 Å². The van der Waals surface area contributed by atoms with Crippen molar-refractivity contribution in [2.45, 2.75) is 199 Å². The van der Waals surface area contributed by atoms with Crippen molar-refractivity contribution in [1.29, 1.82) is 0 Å². The molecule has 1 aliphatic carbocycles. The lowest BCUT2D eigenvalue weighted by molar-refractivity contribution is -0.160. The molecule has 0 heterocycles. The van der Waals surface area contributed by atoms with Gasteiger partial charge in [0.25, 0.3) is 0 Å². The molecule has 0 aromatic heterocycles. The maximum Gasteiger partial charge on any atom is 0.310 e. The second-order valence-electron chi connectivity index (χ2n) is 15.2. The van der Waals surface area contributed by atoms with E-state index in [9.17, 15) is 30.0 Å². The van der Waals surface area contributed by atoms with E-state index in [1.54, 1.807) is 18.2 Å². The molecule has 6 atom stereocenters. The smallest absolute Gasteiger partial charge is 0.310 e. The first-order valence-electron chi connectivity index (χ1n) is 20.5. The first-order valence-corrected chi connectivity index (χ1v) is 20.5. The molecule has 0 aromatic carbocycles. The average molecular weight is 709 g/mol. The summed E-state index contributed by atoms with van der Waals surface area (Å²) in [6.45, 7) is 6.12. The van der Waals surface area contributed by atoms with E-state index in [-0.39, 0.29) is 37.3 Å². The molecule has 0 unspecified atom stereocenters. The molecule has 0 aromatic rings. The summed E-state index contributed by atoms with van der Waals surface area (Å²) in [7, 11) is 0. The Morgan fingerprint density at radius 2 is 1.30 bits per heavy atom. The van der Waals surface area contributed by atoms with Crippen LogP contribution in [-0.4, -0.2) is 70.0 Å². The van der Waals surface area contributed by atoms with E-state index in [0.29, 0.717) is 19.3 Å². The van der Waals surface area contributed by atoms with Gasteiger partial charge in [0.2, 0.25) is 0 Å². The van der Waals surface area contributed by atoms with Gasteiger partial charge in [-0.25, -0.2) is 0 Å². The number of esters is 2. The molecule has 1 saturated carbocycles. The molecule has 0 saturated heterocycles. The molecule has 1 rings (SSSR count). The van der Waals surface area contributed by atoms with Crippen molar-refractivity contribution in [3.05, 3.63) is 24.3 Å². The highest BCUT2D eigenvalue weighted by molar-refractivity contribution is 5.71. The van der Waals surface area contributed by atoms with Crippen LogP contribution in [0.25, 0.3) is 0 Å². The van der Waals surface area contributed by atoms with Crippen molar-refractivity contribution >= 4 is 11.9 Å². The predicted molar refractivity (Wildman–Crippen MR) is 203 cm³/mol. The monoisotopic (exact) mass is 709 g/mol. The number of hydrogen-bond acceptors (Lipinski definition) is 8. The fourth-order valence-corrected chi connectivity index (χ4v) is 6.83. The van der Waals surface area contributed by atoms with E-state index >= 15 is 0 Å². The topological polar surface area (TPSA) is 134 Å². The van der Waals surface area contributed by atoms with Gasteiger partial charge in [-0.05, 0) is 31.1 Å². The van der Waals surface area contributed by atoms with Crippen molar-refractivity contribution in [3.63, 3.8) is 0 Å². The Labute approximate surface area is 305 Å². The summed E-state index contributed by atoms with van der Waals surface area (Å²) in [6.07, 6.45) is 29.4. The standard InChI is InChI=1S/C42H76O8/c1-4-5-19-25-35(44)29-30-38-37(39(45)31-40(38)46)26-22-23-28-42(48)50-36(32-43)33-49-41(47)27-21-18-16-14-12-10-8-6-7-9-11-13-15-17-20-24-34(2)3/h22-23,29-30,34-40,43-46H,4-21,24-28,31-33H2,1-3H3/b23-22-,30-29+/t35-,36+,37+,38-,39+,40-/m1/s1. The highest BCUT2D eigenvalue weighted by Crippen LogP contribution is 2.36. The van der Waals surface area contributed by atoms with Crippen LogP contribution in [0.4, 0.5) is 0 Å². The largest absolute Gasteiger partial charge is 0.462 e. The Balaban J connectivity index is 2.10. The Morgan fingerprint density at radius 3 is 1.86 bits per heavy atom. The van der Waals surface area contributed by atoms with Crippen LogP contribution < -0.4 is 0 Å². The van der Waals surface area contributed by atoms with E-state index in [0.717, 1.165) is 44.4 Å². The molecule has 4 N–H and O–H groups in total. The third kappa shape index (κ3) is 24.4. The number of rotatable bonds is 32. The Kier molecular flexibility index (Phi) is 28.6. The van der Waals surface area contributed by atoms with Gasteiger partial charge in [-0.1, -0.05) is 161 Å². The third-order valence-corrected chi connectivity index (χ3v) is 10.0. The maximum atomic E-state index is 12.3. The molecule has 50 heavy (non-hydrogen) atoms. The normalized spacial score (nSPS) is 20.6. The van der Waals surface area contributed by atoms with Gasteiger partial charge in [0.05, 0.1) is 31.3 Å². The van der Waals surface area contributed by atoms with E-state index in [4.69, 9.17) is 9.47 Å². The summed E-state index contributed by atoms with van der Waals surface area (Å²) >= 11 is 0. The van der Waals surface area contributed by atoms with E-state index in [1.807, 2.05) is 6.08 Å². The highest BCUT2D eigenvalue weighted by Gasteiger charge is 2.39. The molecule has 0 spiro atoms. The maximum absolute atomic E-state index is 12.3. The van der Waals surface area contributed by atoms with Crippen LogP contribution in [0.5, 0.6) is 0 Å². The molecule has 0 aliphatic heterocycles.